The van der Waals surface area contributed by atoms with Gasteiger partial charge in [-0.25, -0.2) is 0 Å². The number of alkyl halides is 3. The van der Waals surface area contributed by atoms with Crippen LogP contribution < -0.4 is 4.74 Å². The molecule has 5 heteroatoms. The van der Waals surface area contributed by atoms with E-state index in [4.69, 9.17) is 0 Å². The Labute approximate surface area is 77.9 Å². The van der Waals surface area contributed by atoms with Crippen molar-refractivity contribution in [1.29, 1.82) is 0 Å². The molecule has 1 aromatic carbocycles. The van der Waals surface area contributed by atoms with Gasteiger partial charge in [0.2, 0.25) is 0 Å². The number of ether oxygens (including phenoxy) is 1. The number of halogens is 3. The van der Waals surface area contributed by atoms with E-state index in [-0.39, 0.29) is 5.75 Å². The Kier molecular flexibility index (Phi) is 3.08. The van der Waals surface area contributed by atoms with Crippen molar-refractivity contribution >= 4 is 11.8 Å². The number of rotatable bonds is 2. The number of hydrogen-bond acceptors (Lipinski definition) is 2. The molecule has 1 aromatic rings. The summed E-state index contributed by atoms with van der Waals surface area (Å²) in [5.41, 5.74) is 0. The maximum Gasteiger partial charge on any atom is 0.573 e. The Morgan fingerprint density at radius 3 is 2.69 bits per heavy atom. The van der Waals surface area contributed by atoms with Crippen molar-refractivity contribution in [2.24, 2.45) is 0 Å². The molecule has 0 aliphatic heterocycles. The fraction of sp³-hybridized carbons (Fsp3) is 0.250. The van der Waals surface area contributed by atoms with Gasteiger partial charge >= 0.3 is 6.36 Å². The first kappa shape index (κ1) is 10.2. The predicted molar refractivity (Wildman–Crippen MR) is 43.7 cm³/mol. The second-order valence-electron chi connectivity index (χ2n) is 2.14. The van der Waals surface area contributed by atoms with E-state index in [1.165, 1.54) is 30.0 Å². The summed E-state index contributed by atoms with van der Waals surface area (Å²) in [6.45, 7) is 0. The first-order valence-corrected chi connectivity index (χ1v) is 4.55. The van der Waals surface area contributed by atoms with E-state index in [1.807, 2.05) is 0 Å². The van der Waals surface area contributed by atoms with E-state index < -0.39 is 6.36 Å². The SMILES string of the molecule is CSc1[c]ccc(OC(F)(F)F)c1. The monoisotopic (exact) mass is 207 g/mol. The van der Waals surface area contributed by atoms with Crippen molar-refractivity contribution in [2.75, 3.05) is 6.26 Å². The molecule has 1 rings (SSSR count). The molecule has 0 heterocycles. The van der Waals surface area contributed by atoms with Gasteiger partial charge in [-0.1, -0.05) is 0 Å². The van der Waals surface area contributed by atoms with Crippen molar-refractivity contribution in [1.82, 2.24) is 0 Å². The Morgan fingerprint density at radius 2 is 2.15 bits per heavy atom. The molecule has 0 spiro atoms. The zero-order chi connectivity index (χ0) is 9.90. The predicted octanol–water partition coefficient (Wildman–Crippen LogP) is 3.11. The van der Waals surface area contributed by atoms with Gasteiger partial charge in [-0.2, -0.15) is 0 Å². The van der Waals surface area contributed by atoms with Crippen molar-refractivity contribution in [3.05, 3.63) is 24.3 Å². The van der Waals surface area contributed by atoms with Gasteiger partial charge in [-0.15, -0.1) is 24.9 Å². The Bertz CT molecular complexity index is 285. The quantitative estimate of drug-likeness (QED) is 0.689. The van der Waals surface area contributed by atoms with Gasteiger partial charge in [-0.3, -0.25) is 0 Å². The lowest BCUT2D eigenvalue weighted by Crippen LogP contribution is -2.17. The fourth-order valence-corrected chi connectivity index (χ4v) is 1.16. The van der Waals surface area contributed by atoms with Crippen molar-refractivity contribution < 1.29 is 17.9 Å². The fourth-order valence-electron chi connectivity index (χ4n) is 0.740. The molecule has 13 heavy (non-hydrogen) atoms. The lowest BCUT2D eigenvalue weighted by Gasteiger charge is -2.08. The molecule has 1 nitrogen and oxygen atoms in total. The Morgan fingerprint density at radius 1 is 1.46 bits per heavy atom. The van der Waals surface area contributed by atoms with Crippen LogP contribution in [0.4, 0.5) is 13.2 Å². The maximum absolute atomic E-state index is 11.7. The summed E-state index contributed by atoms with van der Waals surface area (Å²) in [6, 6.07) is 6.66. The highest BCUT2D eigenvalue weighted by atomic mass is 32.2. The summed E-state index contributed by atoms with van der Waals surface area (Å²) in [7, 11) is 0. The van der Waals surface area contributed by atoms with Crippen LogP contribution >= 0.6 is 11.8 Å². The molecule has 0 saturated heterocycles. The summed E-state index contributed by atoms with van der Waals surface area (Å²) in [5.74, 6) is -0.212. The highest BCUT2D eigenvalue weighted by Crippen LogP contribution is 2.25. The standard InChI is InChI=1S/C8H6F3OS/c1-13-7-4-2-3-6(5-7)12-8(9,10)11/h2-3,5H,1H3. The third kappa shape index (κ3) is 3.59. The van der Waals surface area contributed by atoms with Crippen LogP contribution in [-0.4, -0.2) is 12.6 Å². The van der Waals surface area contributed by atoms with Gasteiger partial charge in [0.1, 0.15) is 5.75 Å². The molecule has 0 atom stereocenters. The molecule has 71 valence electrons. The molecule has 0 saturated carbocycles. The van der Waals surface area contributed by atoms with Gasteiger partial charge < -0.3 is 4.74 Å². The van der Waals surface area contributed by atoms with Crippen LogP contribution in [0.25, 0.3) is 0 Å². The van der Waals surface area contributed by atoms with Crippen LogP contribution in [0.1, 0.15) is 0 Å². The van der Waals surface area contributed by atoms with E-state index in [0.29, 0.717) is 4.90 Å². The zero-order valence-corrected chi connectivity index (χ0v) is 7.50. The van der Waals surface area contributed by atoms with Gasteiger partial charge in [0.15, 0.2) is 0 Å². The second-order valence-corrected chi connectivity index (χ2v) is 2.99. The van der Waals surface area contributed by atoms with Gasteiger partial charge in [-0.05, 0) is 30.5 Å². The molecule has 0 unspecified atom stereocenters. The second kappa shape index (κ2) is 3.91. The zero-order valence-electron chi connectivity index (χ0n) is 6.68. The maximum atomic E-state index is 11.7. The lowest BCUT2D eigenvalue weighted by molar-refractivity contribution is -0.274. The number of thioether (sulfide) groups is 1. The van der Waals surface area contributed by atoms with Crippen molar-refractivity contribution in [3.8, 4) is 5.75 Å². The highest BCUT2D eigenvalue weighted by Gasteiger charge is 2.31. The Balaban J connectivity index is 2.78. The van der Waals surface area contributed by atoms with Crippen LogP contribution in [-0.2, 0) is 0 Å². The van der Waals surface area contributed by atoms with E-state index in [1.54, 1.807) is 6.26 Å². The minimum Gasteiger partial charge on any atom is -0.406 e. The summed E-state index contributed by atoms with van der Waals surface area (Å²) in [6.07, 6.45) is -2.87. The third-order valence-corrected chi connectivity index (χ3v) is 1.88. The topological polar surface area (TPSA) is 9.23 Å². The molecule has 1 radical (unpaired) electrons. The van der Waals surface area contributed by atoms with Crippen LogP contribution in [0.3, 0.4) is 0 Å². The highest BCUT2D eigenvalue weighted by molar-refractivity contribution is 7.98. The molecule has 0 bridgehead atoms. The molecule has 0 aliphatic rings. The molecule has 0 amide bonds. The van der Waals surface area contributed by atoms with Gasteiger partial charge in [0.25, 0.3) is 0 Å². The summed E-state index contributed by atoms with van der Waals surface area (Å²) in [5, 5.41) is 0. The largest absolute Gasteiger partial charge is 0.573 e. The molecular formula is C8H6F3OS. The average Bonchev–Trinajstić information content (AvgIpc) is 2.01. The van der Waals surface area contributed by atoms with E-state index in [9.17, 15) is 13.2 Å². The first-order valence-electron chi connectivity index (χ1n) is 3.33. The molecule has 0 aromatic heterocycles. The summed E-state index contributed by atoms with van der Waals surface area (Å²) in [4.78, 5) is 0.613. The Hall–Kier alpha value is -0.840. The van der Waals surface area contributed by atoms with Crippen molar-refractivity contribution in [2.45, 2.75) is 11.3 Å². The third-order valence-electron chi connectivity index (χ3n) is 1.20. The minimum absolute atomic E-state index is 0.212. The normalized spacial score (nSPS) is 11.4. The van der Waals surface area contributed by atoms with E-state index >= 15 is 0 Å². The molecule has 0 N–H and O–H groups in total. The van der Waals surface area contributed by atoms with Crippen LogP contribution in [0.5, 0.6) is 5.75 Å². The van der Waals surface area contributed by atoms with Crippen molar-refractivity contribution in [3.63, 3.8) is 0 Å². The lowest BCUT2D eigenvalue weighted by atomic mass is 10.3. The number of hydrogen-bond donors (Lipinski definition) is 0. The minimum atomic E-state index is -4.63. The van der Waals surface area contributed by atoms with Crippen LogP contribution in [0.2, 0.25) is 0 Å². The van der Waals surface area contributed by atoms with Gasteiger partial charge in [0, 0.05) is 4.90 Å². The molecular weight excluding hydrogens is 201 g/mol. The summed E-state index contributed by atoms with van der Waals surface area (Å²) < 4.78 is 38.9. The first-order chi connectivity index (χ1) is 6.01. The molecule has 0 fully saturated rings. The van der Waals surface area contributed by atoms with E-state index in [0.717, 1.165) is 0 Å². The average molecular weight is 207 g/mol. The van der Waals surface area contributed by atoms with E-state index in [2.05, 4.69) is 10.8 Å². The molecule has 0 aliphatic carbocycles. The smallest absolute Gasteiger partial charge is 0.406 e. The number of benzene rings is 1. The van der Waals surface area contributed by atoms with Crippen LogP contribution in [0, 0.1) is 6.07 Å². The van der Waals surface area contributed by atoms with Gasteiger partial charge in [0.05, 0.1) is 0 Å². The summed E-state index contributed by atoms with van der Waals surface area (Å²) >= 11 is 1.31. The van der Waals surface area contributed by atoms with Crippen LogP contribution in [0.15, 0.2) is 23.1 Å².